The summed E-state index contributed by atoms with van der Waals surface area (Å²) in [5, 5.41) is 0.00340. The molecule has 203 valence electrons. The molecule has 7 rings (SSSR count). The van der Waals surface area contributed by atoms with E-state index in [0.717, 1.165) is 11.1 Å². The van der Waals surface area contributed by atoms with Gasteiger partial charge in [0.2, 0.25) is 0 Å². The molecular formula is C38H25N4Se. The molecule has 4 nitrogen and oxygen atoms in total. The van der Waals surface area contributed by atoms with Crippen molar-refractivity contribution in [2.75, 3.05) is 0 Å². The Morgan fingerprint density at radius 2 is 1.12 bits per heavy atom. The summed E-state index contributed by atoms with van der Waals surface area (Å²) < 4.78 is 85.1. The third kappa shape index (κ3) is 5.91. The zero-order valence-electron chi connectivity index (χ0n) is 32.4. The Morgan fingerprint density at radius 3 is 1.79 bits per heavy atom. The van der Waals surface area contributed by atoms with Crippen LogP contribution in [-0.2, 0) is 0 Å². The summed E-state index contributed by atoms with van der Waals surface area (Å²) in [6.45, 7) is 0. The van der Waals surface area contributed by atoms with Crippen molar-refractivity contribution in [2.45, 2.75) is 0 Å². The molecule has 1 heterocycles. The normalized spacial score (nSPS) is 14.7. The molecule has 1 radical (unpaired) electrons. The maximum absolute atomic E-state index is 9.19. The topological polar surface area (TPSA) is 51.0 Å². The van der Waals surface area contributed by atoms with Gasteiger partial charge >= 0.3 is 175 Å². The van der Waals surface area contributed by atoms with E-state index in [1.54, 1.807) is 24.3 Å². The van der Waals surface area contributed by atoms with E-state index in [1.807, 2.05) is 60.7 Å². The van der Waals surface area contributed by atoms with E-state index in [-0.39, 0.29) is 50.3 Å². The van der Waals surface area contributed by atoms with Crippen LogP contribution in [0.15, 0.2) is 156 Å². The summed E-state index contributed by atoms with van der Waals surface area (Å²) in [6, 6.07) is 22.9. The molecular weight excluding hydrogens is 591 g/mol. The minimum absolute atomic E-state index is 0.0299. The number of aliphatic imine (C=N–C) groups is 1. The molecule has 0 aliphatic carbocycles. The quantitative estimate of drug-likeness (QED) is 0.137. The summed E-state index contributed by atoms with van der Waals surface area (Å²) >= 11 is 2.61. The second-order valence-electron chi connectivity index (χ2n) is 9.35. The van der Waals surface area contributed by atoms with E-state index < -0.39 is 42.3 Å². The van der Waals surface area contributed by atoms with Gasteiger partial charge in [0, 0.05) is 11.1 Å². The Morgan fingerprint density at radius 1 is 0.535 bits per heavy atom. The van der Waals surface area contributed by atoms with Crippen LogP contribution in [0.25, 0.3) is 56.1 Å². The van der Waals surface area contributed by atoms with Gasteiger partial charge in [-0.3, -0.25) is 0 Å². The van der Waals surface area contributed by atoms with Crippen LogP contribution in [-0.4, -0.2) is 35.6 Å². The van der Waals surface area contributed by atoms with Crippen molar-refractivity contribution in [3.8, 4) is 45.3 Å². The van der Waals surface area contributed by atoms with Crippen LogP contribution in [0.1, 0.15) is 19.3 Å². The van der Waals surface area contributed by atoms with E-state index in [1.165, 1.54) is 6.07 Å². The molecule has 0 unspecified atom stereocenters. The minimum atomic E-state index is -0.565. The number of nitrogens with zero attached hydrogens (tertiary/aromatic N) is 4. The fourth-order valence-electron chi connectivity index (χ4n) is 4.40. The fraction of sp³-hybridized carbons (Fsp3) is 0. The van der Waals surface area contributed by atoms with Crippen LogP contribution in [0.3, 0.4) is 0 Å². The third-order valence-corrected chi connectivity index (χ3v) is 7.10. The van der Waals surface area contributed by atoms with Gasteiger partial charge in [-0.25, -0.2) is 15.0 Å². The van der Waals surface area contributed by atoms with Crippen molar-refractivity contribution in [2.24, 2.45) is 4.99 Å². The predicted molar refractivity (Wildman–Crippen MR) is 177 cm³/mol. The summed E-state index contributed by atoms with van der Waals surface area (Å²) in [4.78, 5) is 18.6. The number of rotatable bonds is 6. The molecule has 0 N–H and O–H groups in total. The van der Waals surface area contributed by atoms with Crippen LogP contribution in [0, 0.1) is 0 Å². The number of aromatic nitrogens is 3. The van der Waals surface area contributed by atoms with E-state index in [0.29, 0.717) is 28.6 Å². The van der Waals surface area contributed by atoms with Gasteiger partial charge < -0.3 is 0 Å². The number of fused-ring (bicyclic) bond motifs is 1. The maximum atomic E-state index is 9.19. The standard InChI is InChI=1S/C38H25N4Se/c43-38(28-15-8-3-9-16-28)39-34-22-21-31-23-30(19-20-32(31)25-34)29-17-10-18-33(24-29)37-41-35(26-11-4-1-5-12-26)40-36(42-37)27-13-6-2-7-14-27/h1-25H/i3D,8D,9D,15D,16D,19D,20D,21D,22D,23D. The monoisotopic (exact) mass is 627 g/mol. The molecule has 0 saturated carbocycles. The van der Waals surface area contributed by atoms with Gasteiger partial charge in [0.1, 0.15) is 0 Å². The Bertz CT molecular complexity index is 2550. The van der Waals surface area contributed by atoms with Crippen molar-refractivity contribution in [1.29, 1.82) is 0 Å². The number of benzene rings is 6. The van der Waals surface area contributed by atoms with E-state index in [2.05, 4.69) is 21.0 Å². The first-order valence-electron chi connectivity index (χ1n) is 18.2. The van der Waals surface area contributed by atoms with Crippen molar-refractivity contribution in [1.82, 2.24) is 15.0 Å². The molecule has 0 spiro atoms. The number of hydrogen-bond acceptors (Lipinski definition) is 4. The van der Waals surface area contributed by atoms with Crippen molar-refractivity contribution in [3.05, 3.63) is 157 Å². The molecule has 0 amide bonds. The van der Waals surface area contributed by atoms with Gasteiger partial charge in [-0.2, -0.15) is 0 Å². The number of hydrogen-bond donors (Lipinski definition) is 0. The first-order valence-corrected chi connectivity index (χ1v) is 14.1. The SMILES string of the molecule is [2H]c1c([2H])c([2H])c(C([Se])=Nc2cc3c([2H])c([2H])c(-c4cccc(-c5nc(-c6ccccc6)nc(-c6ccccc6)n5)c4)c([2H])c3c([2H])c2[2H])c([2H])c1[2H]. The molecule has 7 aromatic rings. The fourth-order valence-corrected chi connectivity index (χ4v) is 4.82. The van der Waals surface area contributed by atoms with Crippen LogP contribution >= 0.6 is 0 Å². The van der Waals surface area contributed by atoms with Gasteiger partial charge in [0.15, 0.2) is 11.6 Å². The first-order chi connectivity index (χ1) is 25.4. The van der Waals surface area contributed by atoms with Crippen molar-refractivity contribution >= 4 is 37.1 Å². The predicted octanol–water partition coefficient (Wildman–Crippen LogP) is 8.94. The Balaban J connectivity index is 1.37. The molecule has 43 heavy (non-hydrogen) atoms. The van der Waals surface area contributed by atoms with E-state index in [4.69, 9.17) is 27.3 Å². The molecule has 0 bridgehead atoms. The van der Waals surface area contributed by atoms with E-state index in [9.17, 15) is 1.37 Å². The average molecular weight is 627 g/mol. The van der Waals surface area contributed by atoms with Crippen LogP contribution < -0.4 is 0 Å². The second-order valence-corrected chi connectivity index (χ2v) is 10.2. The van der Waals surface area contributed by atoms with Crippen molar-refractivity contribution in [3.63, 3.8) is 0 Å². The van der Waals surface area contributed by atoms with Crippen molar-refractivity contribution < 1.29 is 13.7 Å². The van der Waals surface area contributed by atoms with Crippen LogP contribution in [0.2, 0.25) is 0 Å². The average Bonchev–Trinajstić information content (AvgIpc) is 3.18. The zero-order chi connectivity index (χ0) is 37.7. The van der Waals surface area contributed by atoms with Gasteiger partial charge in [0.05, 0.1) is 0 Å². The molecule has 0 fully saturated rings. The van der Waals surface area contributed by atoms with Gasteiger partial charge in [-0.15, -0.1) is 0 Å². The first kappa shape index (κ1) is 17.7. The molecule has 0 atom stereocenters. The second kappa shape index (κ2) is 11.9. The molecule has 0 saturated heterocycles. The molecule has 5 heteroatoms. The van der Waals surface area contributed by atoms with Gasteiger partial charge in [-0.1, -0.05) is 60.7 Å². The summed E-state index contributed by atoms with van der Waals surface area (Å²) in [5.41, 5.74) is 2.30. The Labute approximate surface area is 272 Å². The Hall–Kier alpha value is -5.22. The van der Waals surface area contributed by atoms with Gasteiger partial charge in [0.25, 0.3) is 0 Å². The molecule has 1 aromatic heterocycles. The summed E-state index contributed by atoms with van der Waals surface area (Å²) in [7, 11) is 0. The summed E-state index contributed by atoms with van der Waals surface area (Å²) in [6.07, 6.45) is 0. The summed E-state index contributed by atoms with van der Waals surface area (Å²) in [5.74, 6) is 1.27. The molecule has 0 aliphatic rings. The van der Waals surface area contributed by atoms with E-state index >= 15 is 0 Å². The zero-order valence-corrected chi connectivity index (χ0v) is 24.1. The van der Waals surface area contributed by atoms with Crippen LogP contribution in [0.4, 0.5) is 5.69 Å². The third-order valence-electron chi connectivity index (χ3n) is 6.48. The van der Waals surface area contributed by atoms with Gasteiger partial charge in [-0.05, 0) is 0 Å². The Kier molecular flexibility index (Phi) is 4.91. The van der Waals surface area contributed by atoms with Crippen LogP contribution in [0.5, 0.6) is 0 Å². The molecule has 0 aliphatic heterocycles. The molecule has 6 aromatic carbocycles.